The zero-order valence-corrected chi connectivity index (χ0v) is 19.2. The summed E-state index contributed by atoms with van der Waals surface area (Å²) in [5.74, 6) is -0.383. The standard InChI is InChI=1S/C23H27F3N2O4S/c1-15(2)17-5-9-20(10-6-17)33(31,32)28-12-11-19(29)13-21(28)22(30)27-14-16-3-7-18(8-4-16)23(24,25)26/h3-10,15,19,21,29H,11-14H2,1-2H3,(H,27,30)/t19-,21+/m0/s1. The van der Waals surface area contributed by atoms with E-state index in [9.17, 15) is 31.5 Å². The van der Waals surface area contributed by atoms with Crippen LogP contribution in [0.5, 0.6) is 0 Å². The Labute approximate surface area is 191 Å². The molecule has 2 aromatic rings. The Morgan fingerprint density at radius 2 is 1.73 bits per heavy atom. The third-order valence-corrected chi connectivity index (χ3v) is 7.65. The highest BCUT2D eigenvalue weighted by Crippen LogP contribution is 2.29. The van der Waals surface area contributed by atoms with Crippen LogP contribution in [0.25, 0.3) is 0 Å². The van der Waals surface area contributed by atoms with Crippen molar-refractivity contribution >= 4 is 15.9 Å². The fourth-order valence-electron chi connectivity index (χ4n) is 3.73. The summed E-state index contributed by atoms with van der Waals surface area (Å²) in [6.07, 6.45) is -5.15. The smallest absolute Gasteiger partial charge is 0.393 e. The molecule has 0 aliphatic carbocycles. The number of piperidine rings is 1. The van der Waals surface area contributed by atoms with E-state index in [0.29, 0.717) is 5.56 Å². The number of sulfonamides is 1. The van der Waals surface area contributed by atoms with Gasteiger partial charge in [-0.25, -0.2) is 8.42 Å². The van der Waals surface area contributed by atoms with Crippen LogP contribution in [-0.2, 0) is 27.5 Å². The topological polar surface area (TPSA) is 86.7 Å². The van der Waals surface area contributed by atoms with Crippen molar-refractivity contribution in [2.75, 3.05) is 6.54 Å². The van der Waals surface area contributed by atoms with E-state index < -0.39 is 39.8 Å². The van der Waals surface area contributed by atoms with E-state index in [4.69, 9.17) is 0 Å². The predicted octanol–water partition coefficient (Wildman–Crippen LogP) is 3.66. The zero-order chi connectivity index (χ0) is 24.4. The lowest BCUT2D eigenvalue weighted by Crippen LogP contribution is -2.54. The van der Waals surface area contributed by atoms with Crippen molar-refractivity contribution in [1.29, 1.82) is 0 Å². The first-order valence-electron chi connectivity index (χ1n) is 10.6. The van der Waals surface area contributed by atoms with Crippen LogP contribution in [0.4, 0.5) is 13.2 Å². The monoisotopic (exact) mass is 484 g/mol. The highest BCUT2D eigenvalue weighted by Gasteiger charge is 2.40. The number of halogens is 3. The Morgan fingerprint density at radius 3 is 2.27 bits per heavy atom. The number of rotatable bonds is 6. The summed E-state index contributed by atoms with van der Waals surface area (Å²) in [5, 5.41) is 12.7. The van der Waals surface area contributed by atoms with Gasteiger partial charge in [0.05, 0.1) is 16.6 Å². The molecule has 1 amide bonds. The lowest BCUT2D eigenvalue weighted by atomic mass is 10.0. The first kappa shape index (κ1) is 25.2. The molecule has 1 aliphatic rings. The molecule has 0 unspecified atom stereocenters. The summed E-state index contributed by atoms with van der Waals surface area (Å²) in [5.41, 5.74) is 0.619. The number of nitrogens with zero attached hydrogens (tertiary/aromatic N) is 1. The van der Waals surface area contributed by atoms with Crippen LogP contribution in [0.3, 0.4) is 0 Å². The van der Waals surface area contributed by atoms with Crippen molar-refractivity contribution in [2.24, 2.45) is 0 Å². The van der Waals surface area contributed by atoms with Crippen molar-refractivity contribution in [3.63, 3.8) is 0 Å². The average Bonchev–Trinajstić information content (AvgIpc) is 2.77. The third-order valence-electron chi connectivity index (χ3n) is 5.73. The van der Waals surface area contributed by atoms with Gasteiger partial charge in [-0.05, 0) is 54.2 Å². The Morgan fingerprint density at radius 1 is 1.12 bits per heavy atom. The minimum absolute atomic E-state index is 0.0200. The molecule has 0 radical (unpaired) electrons. The Bertz CT molecular complexity index is 1070. The number of amides is 1. The average molecular weight is 485 g/mol. The summed E-state index contributed by atoms with van der Waals surface area (Å²) in [7, 11) is -3.99. The molecule has 2 atom stereocenters. The number of nitrogens with one attached hydrogen (secondary N) is 1. The van der Waals surface area contributed by atoms with Crippen molar-refractivity contribution in [1.82, 2.24) is 9.62 Å². The largest absolute Gasteiger partial charge is 0.416 e. The van der Waals surface area contributed by atoms with E-state index in [1.165, 1.54) is 24.3 Å². The van der Waals surface area contributed by atoms with E-state index in [1.54, 1.807) is 12.1 Å². The van der Waals surface area contributed by atoms with Gasteiger partial charge in [0.1, 0.15) is 6.04 Å². The highest BCUT2D eigenvalue weighted by atomic mass is 32.2. The second-order valence-corrected chi connectivity index (χ2v) is 10.3. The number of carbonyl (C=O) groups excluding carboxylic acids is 1. The molecular formula is C23H27F3N2O4S. The molecule has 10 heteroatoms. The first-order chi connectivity index (χ1) is 15.4. The second-order valence-electron chi connectivity index (χ2n) is 8.45. The molecule has 0 saturated carbocycles. The van der Waals surface area contributed by atoms with Gasteiger partial charge in [0.25, 0.3) is 0 Å². The molecule has 1 fully saturated rings. The molecule has 1 saturated heterocycles. The lowest BCUT2D eigenvalue weighted by molar-refractivity contribution is -0.137. The quantitative estimate of drug-likeness (QED) is 0.655. The van der Waals surface area contributed by atoms with E-state index in [-0.39, 0.29) is 36.7 Å². The summed E-state index contributed by atoms with van der Waals surface area (Å²) < 4.78 is 65.7. The molecule has 0 spiro atoms. The van der Waals surface area contributed by atoms with Gasteiger partial charge in [-0.3, -0.25) is 4.79 Å². The summed E-state index contributed by atoms with van der Waals surface area (Å²) in [6, 6.07) is 9.70. The number of hydrogen-bond donors (Lipinski definition) is 2. The molecule has 0 aromatic heterocycles. The van der Waals surface area contributed by atoms with Gasteiger partial charge < -0.3 is 10.4 Å². The Kier molecular flexibility index (Phi) is 7.50. The SMILES string of the molecule is CC(C)c1ccc(S(=O)(=O)N2CC[C@H](O)C[C@@H]2C(=O)NCc2ccc(C(F)(F)F)cc2)cc1. The maximum atomic E-state index is 13.3. The highest BCUT2D eigenvalue weighted by molar-refractivity contribution is 7.89. The molecule has 1 aliphatic heterocycles. The van der Waals surface area contributed by atoms with Crippen molar-refractivity contribution in [2.45, 2.75) is 62.4 Å². The lowest BCUT2D eigenvalue weighted by Gasteiger charge is -2.35. The number of carbonyl (C=O) groups is 1. The Hall–Kier alpha value is -2.43. The van der Waals surface area contributed by atoms with Crippen LogP contribution < -0.4 is 5.32 Å². The van der Waals surface area contributed by atoms with Crippen LogP contribution in [-0.4, -0.2) is 42.4 Å². The van der Waals surface area contributed by atoms with Crippen molar-refractivity contribution in [3.8, 4) is 0 Å². The summed E-state index contributed by atoms with van der Waals surface area (Å²) in [6.45, 7) is 3.90. The molecule has 2 aromatic carbocycles. The first-order valence-corrected chi connectivity index (χ1v) is 12.1. The molecule has 2 N–H and O–H groups in total. The molecule has 33 heavy (non-hydrogen) atoms. The van der Waals surface area contributed by atoms with E-state index >= 15 is 0 Å². The number of alkyl halides is 3. The summed E-state index contributed by atoms with van der Waals surface area (Å²) >= 11 is 0. The minimum Gasteiger partial charge on any atom is -0.393 e. The molecule has 3 rings (SSSR count). The normalized spacial score (nSPS) is 20.1. The maximum absolute atomic E-state index is 13.3. The number of hydrogen-bond acceptors (Lipinski definition) is 4. The van der Waals surface area contributed by atoms with Gasteiger partial charge in [0.15, 0.2) is 0 Å². The minimum atomic E-state index is -4.46. The fourth-order valence-corrected chi connectivity index (χ4v) is 5.34. The van der Waals surface area contributed by atoms with Crippen molar-refractivity contribution in [3.05, 3.63) is 65.2 Å². The number of benzene rings is 2. The maximum Gasteiger partial charge on any atom is 0.416 e. The van der Waals surface area contributed by atoms with Gasteiger partial charge in [-0.2, -0.15) is 17.5 Å². The van der Waals surface area contributed by atoms with Crippen LogP contribution in [0.1, 0.15) is 49.3 Å². The van der Waals surface area contributed by atoms with E-state index in [0.717, 1.165) is 22.0 Å². The van der Waals surface area contributed by atoms with Crippen LogP contribution in [0, 0.1) is 0 Å². The van der Waals surface area contributed by atoms with Crippen LogP contribution >= 0.6 is 0 Å². The van der Waals surface area contributed by atoms with Gasteiger partial charge >= 0.3 is 6.18 Å². The molecule has 1 heterocycles. The fraction of sp³-hybridized carbons (Fsp3) is 0.435. The van der Waals surface area contributed by atoms with Gasteiger partial charge in [0.2, 0.25) is 15.9 Å². The Balaban J connectivity index is 1.75. The molecule has 0 bridgehead atoms. The number of aliphatic hydroxyl groups is 1. The van der Waals surface area contributed by atoms with Gasteiger partial charge in [0, 0.05) is 13.1 Å². The van der Waals surface area contributed by atoms with Crippen LogP contribution in [0.2, 0.25) is 0 Å². The molecule has 180 valence electrons. The van der Waals surface area contributed by atoms with Crippen molar-refractivity contribution < 1.29 is 31.5 Å². The number of aliphatic hydroxyl groups excluding tert-OH is 1. The van der Waals surface area contributed by atoms with E-state index in [2.05, 4.69) is 5.32 Å². The molecular weight excluding hydrogens is 457 g/mol. The third kappa shape index (κ3) is 5.93. The second kappa shape index (κ2) is 9.82. The summed E-state index contributed by atoms with van der Waals surface area (Å²) in [4.78, 5) is 12.9. The molecule has 6 nitrogen and oxygen atoms in total. The zero-order valence-electron chi connectivity index (χ0n) is 18.3. The van der Waals surface area contributed by atoms with E-state index in [1.807, 2.05) is 13.8 Å². The van der Waals surface area contributed by atoms with Gasteiger partial charge in [-0.1, -0.05) is 38.1 Å². The predicted molar refractivity (Wildman–Crippen MR) is 117 cm³/mol. The van der Waals surface area contributed by atoms with Gasteiger partial charge in [-0.15, -0.1) is 0 Å². The van der Waals surface area contributed by atoms with Crippen LogP contribution in [0.15, 0.2) is 53.4 Å².